The first kappa shape index (κ1) is 15.6. The Bertz CT molecular complexity index is 736. The van der Waals surface area contributed by atoms with Crippen LogP contribution in [-0.4, -0.2) is 44.9 Å². The smallest absolute Gasteiger partial charge is 0.226 e. The van der Waals surface area contributed by atoms with E-state index >= 15 is 0 Å². The first-order chi connectivity index (χ1) is 11.7. The first-order valence-electron chi connectivity index (χ1n) is 8.92. The van der Waals surface area contributed by atoms with E-state index in [9.17, 15) is 4.79 Å². The number of carbonyl (C=O) groups excluding carboxylic acids is 1. The van der Waals surface area contributed by atoms with Crippen LogP contribution in [0, 0.1) is 12.8 Å². The minimum atomic E-state index is 0.0469. The molecule has 0 radical (unpaired) electrons. The number of aromatic nitrogens is 3. The number of imidazole rings is 1. The first-order valence-corrected chi connectivity index (χ1v) is 8.92. The monoisotopic (exact) mass is 328 g/mol. The minimum Gasteiger partial charge on any atom is -0.381 e. The van der Waals surface area contributed by atoms with E-state index < -0.39 is 0 Å². The van der Waals surface area contributed by atoms with E-state index in [1.54, 1.807) is 0 Å². The van der Waals surface area contributed by atoms with E-state index in [-0.39, 0.29) is 17.9 Å². The van der Waals surface area contributed by atoms with Crippen LogP contribution in [0.2, 0.25) is 0 Å². The van der Waals surface area contributed by atoms with Gasteiger partial charge in [-0.05, 0) is 45.1 Å². The van der Waals surface area contributed by atoms with Crippen molar-refractivity contribution < 1.29 is 9.53 Å². The Labute approximate surface area is 141 Å². The molecule has 4 heterocycles. The highest BCUT2D eigenvalue weighted by atomic mass is 16.5. The van der Waals surface area contributed by atoms with Crippen LogP contribution in [0.1, 0.15) is 49.7 Å². The standard InChI is InChI=1S/C18H24N4O2/c1-13-10-15-11-19-12-22(15)17(20-13)16-4-2-3-7-21(16)18(23)14-5-8-24-9-6-14/h10-12,14,16H,2-9H2,1H3/t16-/m1/s1. The molecule has 2 aliphatic rings. The average Bonchev–Trinajstić information content (AvgIpc) is 3.09. The van der Waals surface area contributed by atoms with Gasteiger partial charge in [0, 0.05) is 31.4 Å². The molecule has 6 nitrogen and oxygen atoms in total. The number of nitrogens with zero attached hydrogens (tertiary/aromatic N) is 4. The van der Waals surface area contributed by atoms with Gasteiger partial charge in [0.15, 0.2) is 0 Å². The Kier molecular flexibility index (Phi) is 4.22. The number of piperidine rings is 1. The van der Waals surface area contributed by atoms with E-state index in [0.717, 1.165) is 55.7 Å². The Balaban J connectivity index is 1.68. The highest BCUT2D eigenvalue weighted by Gasteiger charge is 2.34. The summed E-state index contributed by atoms with van der Waals surface area (Å²) in [7, 11) is 0. The number of rotatable bonds is 2. The van der Waals surface area contributed by atoms with Crippen molar-refractivity contribution in [1.82, 2.24) is 19.3 Å². The van der Waals surface area contributed by atoms with E-state index in [0.29, 0.717) is 13.2 Å². The summed E-state index contributed by atoms with van der Waals surface area (Å²) in [5.74, 6) is 1.32. The maximum Gasteiger partial charge on any atom is 0.226 e. The molecule has 24 heavy (non-hydrogen) atoms. The van der Waals surface area contributed by atoms with Gasteiger partial charge in [-0.25, -0.2) is 9.97 Å². The molecular weight excluding hydrogens is 304 g/mol. The van der Waals surface area contributed by atoms with Crippen LogP contribution in [0.5, 0.6) is 0 Å². The Hall–Kier alpha value is -1.95. The summed E-state index contributed by atoms with van der Waals surface area (Å²) in [6, 6.07) is 2.08. The third kappa shape index (κ3) is 2.79. The second-order valence-electron chi connectivity index (χ2n) is 6.87. The van der Waals surface area contributed by atoms with Crippen LogP contribution in [0.15, 0.2) is 18.6 Å². The highest BCUT2D eigenvalue weighted by Crippen LogP contribution is 2.33. The number of fused-ring (bicyclic) bond motifs is 1. The molecule has 128 valence electrons. The van der Waals surface area contributed by atoms with Gasteiger partial charge in [-0.15, -0.1) is 0 Å². The van der Waals surface area contributed by atoms with Crippen molar-refractivity contribution in [3.63, 3.8) is 0 Å². The lowest BCUT2D eigenvalue weighted by molar-refractivity contribution is -0.142. The maximum absolute atomic E-state index is 13.1. The third-order valence-electron chi connectivity index (χ3n) is 5.22. The zero-order chi connectivity index (χ0) is 16.5. The molecular formula is C18H24N4O2. The zero-order valence-corrected chi connectivity index (χ0v) is 14.1. The van der Waals surface area contributed by atoms with Gasteiger partial charge in [0.25, 0.3) is 0 Å². The quantitative estimate of drug-likeness (QED) is 0.850. The summed E-state index contributed by atoms with van der Waals surface area (Å²) < 4.78 is 7.45. The molecule has 0 bridgehead atoms. The number of ether oxygens (including phenoxy) is 1. The van der Waals surface area contributed by atoms with Crippen molar-refractivity contribution in [2.24, 2.45) is 5.92 Å². The predicted octanol–water partition coefficient (Wildman–Crippen LogP) is 2.52. The summed E-state index contributed by atoms with van der Waals surface area (Å²) in [6.45, 7) is 4.23. The molecule has 4 rings (SSSR count). The van der Waals surface area contributed by atoms with Crippen LogP contribution in [-0.2, 0) is 9.53 Å². The number of carbonyl (C=O) groups is 1. The van der Waals surface area contributed by atoms with Crippen molar-refractivity contribution in [2.75, 3.05) is 19.8 Å². The molecule has 2 aliphatic heterocycles. The van der Waals surface area contributed by atoms with Crippen molar-refractivity contribution in [3.05, 3.63) is 30.1 Å². The van der Waals surface area contributed by atoms with Gasteiger partial charge >= 0.3 is 0 Å². The van der Waals surface area contributed by atoms with Crippen LogP contribution >= 0.6 is 0 Å². The SMILES string of the molecule is Cc1cc2cncn2c([C@H]2CCCCN2C(=O)C2CCOCC2)n1. The van der Waals surface area contributed by atoms with Gasteiger partial charge in [0.2, 0.25) is 5.91 Å². The number of hydrogen-bond donors (Lipinski definition) is 0. The molecule has 0 spiro atoms. The molecule has 0 unspecified atom stereocenters. The molecule has 2 aromatic rings. The summed E-state index contributed by atoms with van der Waals surface area (Å²) >= 11 is 0. The molecule has 2 aromatic heterocycles. The molecule has 0 saturated carbocycles. The second-order valence-corrected chi connectivity index (χ2v) is 6.87. The molecule has 0 N–H and O–H groups in total. The van der Waals surface area contributed by atoms with E-state index in [1.807, 2.05) is 29.9 Å². The number of aryl methyl sites for hydroxylation is 1. The number of amides is 1. The summed E-state index contributed by atoms with van der Waals surface area (Å²) in [5, 5.41) is 0. The molecule has 1 amide bonds. The number of hydrogen-bond acceptors (Lipinski definition) is 4. The largest absolute Gasteiger partial charge is 0.381 e. The minimum absolute atomic E-state index is 0.0469. The Morgan fingerprint density at radius 3 is 2.92 bits per heavy atom. The van der Waals surface area contributed by atoms with Gasteiger partial charge in [-0.3, -0.25) is 9.20 Å². The van der Waals surface area contributed by atoms with E-state index in [2.05, 4.69) is 9.88 Å². The average molecular weight is 328 g/mol. The Morgan fingerprint density at radius 1 is 1.25 bits per heavy atom. The fourth-order valence-electron chi connectivity index (χ4n) is 3.96. The van der Waals surface area contributed by atoms with Crippen molar-refractivity contribution in [2.45, 2.75) is 45.1 Å². The lowest BCUT2D eigenvalue weighted by atomic mass is 9.94. The molecule has 1 atom stereocenters. The highest BCUT2D eigenvalue weighted by molar-refractivity contribution is 5.79. The van der Waals surface area contributed by atoms with Crippen LogP contribution in [0.25, 0.3) is 5.52 Å². The van der Waals surface area contributed by atoms with Crippen molar-refractivity contribution in [3.8, 4) is 0 Å². The second kappa shape index (κ2) is 6.51. The summed E-state index contributed by atoms with van der Waals surface area (Å²) in [6.07, 6.45) is 8.51. The number of likely N-dealkylation sites (tertiary alicyclic amines) is 1. The predicted molar refractivity (Wildman–Crippen MR) is 89.6 cm³/mol. The lowest BCUT2D eigenvalue weighted by Crippen LogP contribution is -2.44. The van der Waals surface area contributed by atoms with Gasteiger partial charge < -0.3 is 9.64 Å². The van der Waals surface area contributed by atoms with Gasteiger partial charge in [0.05, 0.1) is 17.8 Å². The zero-order valence-electron chi connectivity index (χ0n) is 14.1. The summed E-state index contributed by atoms with van der Waals surface area (Å²) in [5.41, 5.74) is 2.02. The van der Waals surface area contributed by atoms with Crippen LogP contribution < -0.4 is 0 Å². The lowest BCUT2D eigenvalue weighted by Gasteiger charge is -2.38. The van der Waals surface area contributed by atoms with E-state index in [4.69, 9.17) is 9.72 Å². The Morgan fingerprint density at radius 2 is 2.08 bits per heavy atom. The molecule has 0 aliphatic carbocycles. The molecule has 2 fully saturated rings. The molecule has 0 aromatic carbocycles. The fraction of sp³-hybridized carbons (Fsp3) is 0.611. The van der Waals surface area contributed by atoms with Gasteiger partial charge in [0.1, 0.15) is 12.2 Å². The molecule has 2 saturated heterocycles. The van der Waals surface area contributed by atoms with Gasteiger partial charge in [-0.1, -0.05) is 0 Å². The van der Waals surface area contributed by atoms with E-state index in [1.165, 1.54) is 0 Å². The van der Waals surface area contributed by atoms with Crippen molar-refractivity contribution in [1.29, 1.82) is 0 Å². The maximum atomic E-state index is 13.1. The fourth-order valence-corrected chi connectivity index (χ4v) is 3.96. The van der Waals surface area contributed by atoms with Crippen LogP contribution in [0.4, 0.5) is 0 Å². The van der Waals surface area contributed by atoms with Gasteiger partial charge in [-0.2, -0.15) is 0 Å². The summed E-state index contributed by atoms with van der Waals surface area (Å²) in [4.78, 5) is 24.2. The topological polar surface area (TPSA) is 59.7 Å². The molecule has 6 heteroatoms. The normalized spacial score (nSPS) is 22.9. The van der Waals surface area contributed by atoms with Crippen molar-refractivity contribution >= 4 is 11.4 Å². The third-order valence-corrected chi connectivity index (χ3v) is 5.22. The van der Waals surface area contributed by atoms with Crippen LogP contribution in [0.3, 0.4) is 0 Å².